The summed E-state index contributed by atoms with van der Waals surface area (Å²) < 4.78 is 7.16. The summed E-state index contributed by atoms with van der Waals surface area (Å²) >= 11 is 0. The lowest BCUT2D eigenvalue weighted by atomic mass is 10.2. The molecule has 0 unspecified atom stereocenters. The van der Waals surface area contributed by atoms with E-state index in [2.05, 4.69) is 21.1 Å². The first-order chi connectivity index (χ1) is 10.5. The van der Waals surface area contributed by atoms with Crippen molar-refractivity contribution in [2.75, 3.05) is 6.54 Å². The molecule has 1 aliphatic heterocycles. The molecule has 1 fully saturated rings. The maximum atomic E-state index is 10.0. The highest BCUT2D eigenvalue weighted by Gasteiger charge is 2.36. The van der Waals surface area contributed by atoms with E-state index >= 15 is 0 Å². The zero-order chi connectivity index (χ0) is 15.9. The first-order valence-electron chi connectivity index (χ1n) is 7.27. The van der Waals surface area contributed by atoms with Crippen LogP contribution >= 0.6 is 0 Å². The molecule has 1 saturated heterocycles. The Labute approximate surface area is 128 Å². The third kappa shape index (κ3) is 2.51. The van der Waals surface area contributed by atoms with Gasteiger partial charge < -0.3 is 14.2 Å². The van der Waals surface area contributed by atoms with Crippen molar-refractivity contribution in [3.63, 3.8) is 0 Å². The molecule has 3 heterocycles. The molecule has 0 radical (unpaired) electrons. The highest BCUT2D eigenvalue weighted by molar-refractivity contribution is 5.34. The van der Waals surface area contributed by atoms with Gasteiger partial charge in [-0.1, -0.05) is 5.16 Å². The van der Waals surface area contributed by atoms with Crippen LogP contribution in [0.25, 0.3) is 0 Å². The van der Waals surface area contributed by atoms with Crippen LogP contribution in [0, 0.1) is 25.2 Å². The summed E-state index contributed by atoms with van der Waals surface area (Å²) in [5, 5.41) is 23.0. The zero-order valence-electron chi connectivity index (χ0n) is 12.9. The highest BCUT2D eigenvalue weighted by atomic mass is 16.5. The van der Waals surface area contributed by atoms with Crippen LogP contribution in [0.4, 0.5) is 0 Å². The highest BCUT2D eigenvalue weighted by Crippen LogP contribution is 2.33. The number of nitrogens with zero attached hydrogens (tertiary/aromatic N) is 5. The maximum Gasteiger partial charge on any atom is 0.244 e. The number of rotatable bonds is 3. The molecule has 2 aromatic rings. The summed E-state index contributed by atoms with van der Waals surface area (Å²) in [5.74, 6) is 1.14. The van der Waals surface area contributed by atoms with Gasteiger partial charge in [0.25, 0.3) is 0 Å². The lowest BCUT2D eigenvalue weighted by molar-refractivity contribution is 0.169. The summed E-state index contributed by atoms with van der Waals surface area (Å²) in [6.07, 6.45) is 0.176. The summed E-state index contributed by atoms with van der Waals surface area (Å²) in [4.78, 5) is 6.42. The monoisotopic (exact) mass is 301 g/mol. The number of likely N-dealkylation sites (tertiary alicyclic amines) is 1. The number of aliphatic hydroxyl groups is 1. The van der Waals surface area contributed by atoms with E-state index in [1.165, 1.54) is 0 Å². The van der Waals surface area contributed by atoms with Crippen LogP contribution < -0.4 is 0 Å². The van der Waals surface area contributed by atoms with E-state index < -0.39 is 6.10 Å². The second kappa shape index (κ2) is 5.55. The van der Waals surface area contributed by atoms with Gasteiger partial charge in [0.1, 0.15) is 11.8 Å². The smallest absolute Gasteiger partial charge is 0.244 e. The predicted molar refractivity (Wildman–Crippen MR) is 77.7 cm³/mol. The van der Waals surface area contributed by atoms with Gasteiger partial charge in [-0.2, -0.15) is 10.2 Å². The van der Waals surface area contributed by atoms with Crippen LogP contribution in [0.3, 0.4) is 0 Å². The number of hydrogen-bond donors (Lipinski definition) is 1. The van der Waals surface area contributed by atoms with Gasteiger partial charge in [-0.25, -0.2) is 0 Å². The van der Waals surface area contributed by atoms with E-state index in [1.807, 2.05) is 24.6 Å². The number of aliphatic hydroxyl groups excluding tert-OH is 1. The quantitative estimate of drug-likeness (QED) is 0.916. The molecule has 0 aliphatic carbocycles. The number of nitriles is 1. The molecule has 7 nitrogen and oxygen atoms in total. The van der Waals surface area contributed by atoms with Crippen LogP contribution in [0.2, 0.25) is 0 Å². The second-order valence-electron chi connectivity index (χ2n) is 5.83. The summed E-state index contributed by atoms with van der Waals surface area (Å²) in [5.41, 5.74) is 2.77. The molecule has 116 valence electrons. The number of β-amino-alcohol motifs (C(OH)–C–C–N with tert-alkyl or cyclic N) is 1. The Morgan fingerprint density at radius 2 is 2.27 bits per heavy atom. The van der Waals surface area contributed by atoms with E-state index in [1.54, 1.807) is 6.92 Å². The predicted octanol–water partition coefficient (Wildman–Crippen LogP) is 1.20. The fourth-order valence-electron chi connectivity index (χ4n) is 3.01. The third-order valence-electron chi connectivity index (χ3n) is 4.34. The Kier molecular flexibility index (Phi) is 3.72. The number of hydrogen-bond acceptors (Lipinski definition) is 6. The van der Waals surface area contributed by atoms with E-state index in [-0.39, 0.29) is 6.04 Å². The van der Waals surface area contributed by atoms with Gasteiger partial charge in [0.05, 0.1) is 12.1 Å². The second-order valence-corrected chi connectivity index (χ2v) is 5.83. The fraction of sp³-hybridized carbons (Fsp3) is 0.533. The summed E-state index contributed by atoms with van der Waals surface area (Å²) in [6, 6.07) is 4.01. The maximum absolute atomic E-state index is 10.0. The van der Waals surface area contributed by atoms with Crippen LogP contribution in [0.15, 0.2) is 10.6 Å². The molecule has 7 heteroatoms. The van der Waals surface area contributed by atoms with Crippen molar-refractivity contribution >= 4 is 0 Å². The van der Waals surface area contributed by atoms with Crippen molar-refractivity contribution in [2.45, 2.75) is 39.0 Å². The van der Waals surface area contributed by atoms with Crippen LogP contribution in [-0.4, -0.2) is 37.4 Å². The SMILES string of the molecule is Cc1noc([C@H]2C[C@H](O)CN2Cc2cc(C#N)n(C)c2C)n1. The van der Waals surface area contributed by atoms with Crippen molar-refractivity contribution in [3.05, 3.63) is 34.7 Å². The first-order valence-corrected chi connectivity index (χ1v) is 7.27. The molecule has 0 aromatic carbocycles. The largest absolute Gasteiger partial charge is 0.392 e. The first kappa shape index (κ1) is 14.8. The van der Waals surface area contributed by atoms with Gasteiger partial charge >= 0.3 is 0 Å². The van der Waals surface area contributed by atoms with Crippen molar-refractivity contribution in [3.8, 4) is 6.07 Å². The van der Waals surface area contributed by atoms with Crippen molar-refractivity contribution in [2.24, 2.45) is 7.05 Å². The van der Waals surface area contributed by atoms with Crippen molar-refractivity contribution < 1.29 is 9.63 Å². The molecule has 1 aliphatic rings. The van der Waals surface area contributed by atoms with E-state index in [0.29, 0.717) is 36.9 Å². The van der Waals surface area contributed by atoms with Gasteiger partial charge in [-0.15, -0.1) is 0 Å². The van der Waals surface area contributed by atoms with Crippen LogP contribution in [0.1, 0.15) is 41.1 Å². The van der Waals surface area contributed by atoms with Crippen LogP contribution in [0.5, 0.6) is 0 Å². The standard InChI is InChI=1S/C15H19N5O2/c1-9-11(4-12(6-16)19(9)3)7-20-8-13(21)5-14(20)15-17-10(2)18-22-15/h4,13-14,21H,5,7-8H2,1-3H3/t13-,14+/m0/s1. The Hall–Kier alpha value is -2.17. The Morgan fingerprint density at radius 1 is 1.50 bits per heavy atom. The lowest BCUT2D eigenvalue weighted by Gasteiger charge is -2.21. The van der Waals surface area contributed by atoms with Gasteiger partial charge in [0.15, 0.2) is 5.82 Å². The Bertz CT molecular complexity index is 727. The molecule has 22 heavy (non-hydrogen) atoms. The van der Waals surface area contributed by atoms with E-state index in [0.717, 1.165) is 11.3 Å². The Balaban J connectivity index is 1.85. The van der Waals surface area contributed by atoms with Crippen molar-refractivity contribution in [1.29, 1.82) is 5.26 Å². The molecule has 0 bridgehead atoms. The lowest BCUT2D eigenvalue weighted by Crippen LogP contribution is -2.24. The van der Waals surface area contributed by atoms with E-state index in [4.69, 9.17) is 9.78 Å². The molecule has 0 spiro atoms. The summed E-state index contributed by atoms with van der Waals surface area (Å²) in [7, 11) is 1.88. The van der Waals surface area contributed by atoms with Gasteiger partial charge in [-0.3, -0.25) is 4.90 Å². The number of aryl methyl sites for hydroxylation is 1. The normalized spacial score (nSPS) is 22.1. The minimum Gasteiger partial charge on any atom is -0.392 e. The fourth-order valence-corrected chi connectivity index (χ4v) is 3.01. The molecule has 1 N–H and O–H groups in total. The van der Waals surface area contributed by atoms with Gasteiger partial charge in [0.2, 0.25) is 5.89 Å². The van der Waals surface area contributed by atoms with E-state index in [9.17, 15) is 5.11 Å². The summed E-state index contributed by atoms with van der Waals surface area (Å²) in [6.45, 7) is 4.98. The van der Waals surface area contributed by atoms with Crippen molar-refractivity contribution in [1.82, 2.24) is 19.6 Å². The number of aromatic nitrogens is 3. The zero-order valence-corrected chi connectivity index (χ0v) is 12.9. The minimum atomic E-state index is -0.406. The minimum absolute atomic E-state index is 0.0821. The van der Waals surface area contributed by atoms with Crippen LogP contribution in [-0.2, 0) is 13.6 Å². The molecule has 0 amide bonds. The topological polar surface area (TPSA) is 91.1 Å². The third-order valence-corrected chi connectivity index (χ3v) is 4.34. The average Bonchev–Trinajstić information content (AvgIpc) is 3.13. The molecule has 0 saturated carbocycles. The Morgan fingerprint density at radius 3 is 2.86 bits per heavy atom. The van der Waals surface area contributed by atoms with Gasteiger partial charge in [0, 0.05) is 25.8 Å². The average molecular weight is 301 g/mol. The molecule has 2 atom stereocenters. The molecular weight excluding hydrogens is 282 g/mol. The molecule has 2 aromatic heterocycles. The molecular formula is C15H19N5O2. The molecule has 3 rings (SSSR count). The van der Waals surface area contributed by atoms with Gasteiger partial charge in [-0.05, 0) is 31.9 Å².